The molecule has 0 aromatic carbocycles. The molecule has 2 heterocycles. The van der Waals surface area contributed by atoms with E-state index < -0.39 is 0 Å². The fourth-order valence-electron chi connectivity index (χ4n) is 1.89. The second kappa shape index (κ2) is 10.9. The number of hydrogen-bond acceptors (Lipinski definition) is 7. The van der Waals surface area contributed by atoms with Gasteiger partial charge in [0.1, 0.15) is 5.00 Å². The van der Waals surface area contributed by atoms with Gasteiger partial charge in [-0.3, -0.25) is 0 Å². The number of aryl methyl sites for hydroxylation is 2. The molecule has 2 aromatic heterocycles. The Morgan fingerprint density at radius 1 is 0.960 bits per heavy atom. The molecule has 0 amide bonds. The first-order valence-corrected chi connectivity index (χ1v) is 9.96. The van der Waals surface area contributed by atoms with Crippen LogP contribution in [0.5, 0.6) is 0 Å². The van der Waals surface area contributed by atoms with Crippen molar-refractivity contribution in [2.45, 2.75) is 40.5 Å². The minimum atomic E-state index is -0.323. The lowest BCUT2D eigenvalue weighted by atomic mass is 10.2. The van der Waals surface area contributed by atoms with Crippen LogP contribution in [0, 0.1) is 0 Å². The molecule has 0 aliphatic carbocycles. The third-order valence-electron chi connectivity index (χ3n) is 3.17. The minimum absolute atomic E-state index is 0.214. The summed E-state index contributed by atoms with van der Waals surface area (Å²) < 4.78 is 9.71. The zero-order valence-electron chi connectivity index (χ0n) is 15.1. The maximum absolute atomic E-state index is 11.3. The Labute approximate surface area is 156 Å². The standard InChI is InChI=1S/C9H13NO2S.C9H12O2S/c1-3-6-5-7(8(10)13-6)9(11)12-4-2;1-3-8-5-7(6-12-8)9(10)11-4-2/h5H,3-4,10H2,1-2H3;5-6H,3-4H2,1-2H3. The van der Waals surface area contributed by atoms with Gasteiger partial charge in [0.2, 0.25) is 0 Å². The molecule has 0 bridgehead atoms. The molecule has 7 heteroatoms. The molecule has 0 aliphatic heterocycles. The van der Waals surface area contributed by atoms with E-state index in [0.29, 0.717) is 29.3 Å². The van der Waals surface area contributed by atoms with Crippen molar-refractivity contribution in [1.29, 1.82) is 0 Å². The van der Waals surface area contributed by atoms with Gasteiger partial charge >= 0.3 is 11.9 Å². The van der Waals surface area contributed by atoms with E-state index in [-0.39, 0.29) is 11.9 Å². The van der Waals surface area contributed by atoms with Crippen molar-refractivity contribution in [3.05, 3.63) is 38.4 Å². The molecule has 2 rings (SSSR count). The van der Waals surface area contributed by atoms with Crippen molar-refractivity contribution in [3.8, 4) is 0 Å². The number of esters is 2. The van der Waals surface area contributed by atoms with Crippen LogP contribution >= 0.6 is 22.7 Å². The van der Waals surface area contributed by atoms with Crippen LogP contribution in [0.4, 0.5) is 5.00 Å². The lowest BCUT2D eigenvalue weighted by molar-refractivity contribution is 0.0518. The predicted molar refractivity (Wildman–Crippen MR) is 104 cm³/mol. The lowest BCUT2D eigenvalue weighted by Gasteiger charge is -1.98. The summed E-state index contributed by atoms with van der Waals surface area (Å²) in [6.07, 6.45) is 1.87. The maximum atomic E-state index is 11.3. The Morgan fingerprint density at radius 3 is 2.04 bits per heavy atom. The van der Waals surface area contributed by atoms with Crippen LogP contribution in [0.2, 0.25) is 0 Å². The van der Waals surface area contributed by atoms with E-state index in [1.807, 2.05) is 25.3 Å². The van der Waals surface area contributed by atoms with Crippen LogP contribution in [0.1, 0.15) is 58.2 Å². The van der Waals surface area contributed by atoms with Gasteiger partial charge in [0.15, 0.2) is 0 Å². The van der Waals surface area contributed by atoms with Crippen molar-refractivity contribution in [3.63, 3.8) is 0 Å². The monoisotopic (exact) mass is 383 g/mol. The molecular formula is C18H25NO4S2. The smallest absolute Gasteiger partial charge is 0.341 e. The Balaban J connectivity index is 0.000000251. The van der Waals surface area contributed by atoms with Crippen molar-refractivity contribution >= 4 is 39.6 Å². The van der Waals surface area contributed by atoms with Crippen LogP contribution < -0.4 is 5.73 Å². The molecule has 0 fully saturated rings. The Hall–Kier alpha value is -1.86. The molecular weight excluding hydrogens is 358 g/mol. The average Bonchev–Trinajstić information content (AvgIpc) is 3.22. The SMILES string of the molecule is CCOC(=O)c1cc(CC)sc1N.CCOC(=O)c1csc(CC)c1. The third-order valence-corrected chi connectivity index (χ3v) is 5.36. The van der Waals surface area contributed by atoms with Gasteiger partial charge in [-0.15, -0.1) is 22.7 Å². The van der Waals surface area contributed by atoms with E-state index in [1.54, 1.807) is 24.3 Å². The van der Waals surface area contributed by atoms with Gasteiger partial charge in [-0.05, 0) is 38.8 Å². The highest BCUT2D eigenvalue weighted by molar-refractivity contribution is 7.16. The fourth-order valence-corrected chi connectivity index (χ4v) is 3.55. The summed E-state index contributed by atoms with van der Waals surface area (Å²) in [6, 6.07) is 3.70. The van der Waals surface area contributed by atoms with Crippen molar-refractivity contribution in [1.82, 2.24) is 0 Å². The Morgan fingerprint density at radius 2 is 1.56 bits per heavy atom. The molecule has 0 aliphatic rings. The van der Waals surface area contributed by atoms with Crippen LogP contribution in [0.15, 0.2) is 17.5 Å². The number of carbonyl (C=O) groups excluding carboxylic acids is 2. The third kappa shape index (κ3) is 6.51. The molecule has 138 valence electrons. The Kier molecular flexibility index (Phi) is 9.23. The number of hydrogen-bond donors (Lipinski definition) is 1. The highest BCUT2D eigenvalue weighted by atomic mass is 32.1. The summed E-state index contributed by atoms with van der Waals surface area (Å²) in [5.74, 6) is -0.538. The Bertz CT molecular complexity index is 691. The molecule has 0 saturated heterocycles. The van der Waals surface area contributed by atoms with E-state index in [9.17, 15) is 9.59 Å². The molecule has 0 atom stereocenters. The first-order chi connectivity index (χ1) is 12.0. The minimum Gasteiger partial charge on any atom is -0.462 e. The zero-order chi connectivity index (χ0) is 18.8. The summed E-state index contributed by atoms with van der Waals surface area (Å²) in [6.45, 7) is 8.51. The molecule has 0 saturated carbocycles. The number of ether oxygens (including phenoxy) is 2. The predicted octanol–water partition coefficient (Wildman–Crippen LogP) is 4.56. The molecule has 2 N–H and O–H groups in total. The number of carbonyl (C=O) groups is 2. The van der Waals surface area contributed by atoms with Crippen molar-refractivity contribution in [2.24, 2.45) is 0 Å². The summed E-state index contributed by atoms with van der Waals surface area (Å²) in [4.78, 5) is 24.8. The van der Waals surface area contributed by atoms with Gasteiger partial charge in [-0.2, -0.15) is 0 Å². The van der Waals surface area contributed by atoms with Crippen LogP contribution in [-0.4, -0.2) is 25.2 Å². The quantitative estimate of drug-likeness (QED) is 0.740. The van der Waals surface area contributed by atoms with Crippen LogP contribution in [0.3, 0.4) is 0 Å². The maximum Gasteiger partial charge on any atom is 0.341 e. The lowest BCUT2D eigenvalue weighted by Crippen LogP contribution is -2.05. The molecule has 2 aromatic rings. The van der Waals surface area contributed by atoms with Crippen molar-refractivity contribution in [2.75, 3.05) is 18.9 Å². The number of rotatable bonds is 6. The normalized spacial score (nSPS) is 9.92. The van der Waals surface area contributed by atoms with E-state index >= 15 is 0 Å². The fraction of sp³-hybridized carbons (Fsp3) is 0.444. The number of nitrogens with two attached hydrogens (primary N) is 1. The topological polar surface area (TPSA) is 78.6 Å². The molecule has 25 heavy (non-hydrogen) atoms. The molecule has 5 nitrogen and oxygen atoms in total. The van der Waals surface area contributed by atoms with Crippen LogP contribution in [-0.2, 0) is 22.3 Å². The number of anilines is 1. The van der Waals surface area contributed by atoms with E-state index in [2.05, 4.69) is 6.92 Å². The average molecular weight is 384 g/mol. The zero-order valence-corrected chi connectivity index (χ0v) is 16.7. The summed E-state index contributed by atoms with van der Waals surface area (Å²) in [5, 5.41) is 2.40. The highest BCUT2D eigenvalue weighted by Crippen LogP contribution is 2.25. The second-order valence-electron chi connectivity index (χ2n) is 4.94. The van der Waals surface area contributed by atoms with E-state index in [4.69, 9.17) is 15.2 Å². The van der Waals surface area contributed by atoms with Gasteiger partial charge in [-0.1, -0.05) is 13.8 Å². The van der Waals surface area contributed by atoms with Gasteiger partial charge in [0.25, 0.3) is 0 Å². The number of thiophene rings is 2. The van der Waals surface area contributed by atoms with Gasteiger partial charge in [0, 0.05) is 15.1 Å². The van der Waals surface area contributed by atoms with Gasteiger partial charge in [-0.25, -0.2) is 9.59 Å². The second-order valence-corrected chi connectivity index (χ2v) is 7.10. The van der Waals surface area contributed by atoms with Gasteiger partial charge in [0.05, 0.1) is 24.3 Å². The summed E-state index contributed by atoms with van der Waals surface area (Å²) >= 11 is 3.05. The van der Waals surface area contributed by atoms with Crippen LogP contribution in [0.25, 0.3) is 0 Å². The molecule has 0 unspecified atom stereocenters. The van der Waals surface area contributed by atoms with Crippen molar-refractivity contribution < 1.29 is 19.1 Å². The van der Waals surface area contributed by atoms with E-state index in [1.165, 1.54) is 16.2 Å². The molecule has 0 radical (unpaired) electrons. The highest BCUT2D eigenvalue weighted by Gasteiger charge is 2.13. The first kappa shape index (κ1) is 21.2. The summed E-state index contributed by atoms with van der Waals surface area (Å²) in [7, 11) is 0. The van der Waals surface area contributed by atoms with Gasteiger partial charge < -0.3 is 15.2 Å². The molecule has 0 spiro atoms. The summed E-state index contributed by atoms with van der Waals surface area (Å²) in [5.41, 5.74) is 6.85. The number of nitrogen functional groups attached to an aromatic ring is 1. The largest absolute Gasteiger partial charge is 0.462 e. The van der Waals surface area contributed by atoms with E-state index in [0.717, 1.165) is 17.7 Å². The first-order valence-electron chi connectivity index (χ1n) is 8.26.